The number of pyridine rings is 1. The van der Waals surface area contributed by atoms with Crippen molar-refractivity contribution in [2.45, 2.75) is 20.0 Å². The summed E-state index contributed by atoms with van der Waals surface area (Å²) in [6.07, 6.45) is -0.133. The van der Waals surface area contributed by atoms with Gasteiger partial charge in [-0.25, -0.2) is 4.79 Å². The van der Waals surface area contributed by atoms with Crippen molar-refractivity contribution in [3.05, 3.63) is 51.3 Å². The van der Waals surface area contributed by atoms with Crippen molar-refractivity contribution in [2.75, 3.05) is 0 Å². The predicted octanol–water partition coefficient (Wildman–Crippen LogP) is 1.50. The topological polar surface area (TPSA) is 146 Å². The van der Waals surface area contributed by atoms with E-state index in [-0.39, 0.29) is 17.4 Å². The predicted molar refractivity (Wildman–Crippen MR) is 88.5 cm³/mol. The highest BCUT2D eigenvalue weighted by Crippen LogP contribution is 2.26. The molecule has 0 atom stereocenters. The summed E-state index contributed by atoms with van der Waals surface area (Å²) in [5.74, 6) is -2.22. The van der Waals surface area contributed by atoms with Gasteiger partial charge in [0, 0.05) is 5.69 Å². The standard InChI is InChI=1S/C17H15N3O5/c1-8(2)25-13-4-3-9(5-10(13)7-18)12-6-11(17(23)24)14(15(19)21)16(22)20-12/h3-6,8H,1-2H3,(H2,19,21)(H,20,22)(H,23,24). The number of carbonyl (C=O) groups is 2. The van der Waals surface area contributed by atoms with E-state index in [1.807, 2.05) is 19.9 Å². The normalized spacial score (nSPS) is 10.3. The fourth-order valence-corrected chi connectivity index (χ4v) is 2.27. The fraction of sp³-hybridized carbons (Fsp3) is 0.176. The van der Waals surface area contributed by atoms with Gasteiger partial charge in [-0.1, -0.05) is 0 Å². The van der Waals surface area contributed by atoms with E-state index in [9.17, 15) is 24.8 Å². The molecule has 2 aromatic rings. The number of aromatic nitrogens is 1. The van der Waals surface area contributed by atoms with Gasteiger partial charge in [-0.2, -0.15) is 5.26 Å². The van der Waals surface area contributed by atoms with Crippen molar-refractivity contribution in [3.63, 3.8) is 0 Å². The van der Waals surface area contributed by atoms with Gasteiger partial charge in [0.15, 0.2) is 0 Å². The van der Waals surface area contributed by atoms with Crippen molar-refractivity contribution in [2.24, 2.45) is 5.73 Å². The van der Waals surface area contributed by atoms with Crippen molar-refractivity contribution in [1.82, 2.24) is 4.98 Å². The number of nitrogens with one attached hydrogen (secondary N) is 1. The second-order valence-electron chi connectivity index (χ2n) is 5.46. The largest absolute Gasteiger partial charge is 0.490 e. The highest BCUT2D eigenvalue weighted by atomic mass is 16.5. The van der Waals surface area contributed by atoms with Crippen LogP contribution in [0.5, 0.6) is 5.75 Å². The van der Waals surface area contributed by atoms with Crippen molar-refractivity contribution in [1.29, 1.82) is 5.26 Å². The third-order valence-corrected chi connectivity index (χ3v) is 3.28. The summed E-state index contributed by atoms with van der Waals surface area (Å²) in [4.78, 5) is 37.1. The Balaban J connectivity index is 2.63. The number of hydrogen-bond acceptors (Lipinski definition) is 5. The first kappa shape index (κ1) is 17.7. The third-order valence-electron chi connectivity index (χ3n) is 3.28. The van der Waals surface area contributed by atoms with Gasteiger partial charge in [-0.15, -0.1) is 0 Å². The maximum Gasteiger partial charge on any atom is 0.336 e. The first-order valence-electron chi connectivity index (χ1n) is 7.26. The number of H-pyrrole nitrogens is 1. The molecule has 4 N–H and O–H groups in total. The maximum atomic E-state index is 12.0. The summed E-state index contributed by atoms with van der Waals surface area (Å²) >= 11 is 0. The van der Waals surface area contributed by atoms with E-state index in [1.54, 1.807) is 12.1 Å². The minimum Gasteiger partial charge on any atom is -0.490 e. The number of nitrogens with two attached hydrogens (primary N) is 1. The quantitative estimate of drug-likeness (QED) is 0.751. The molecule has 0 spiro atoms. The molecule has 1 aromatic carbocycles. The minimum absolute atomic E-state index is 0.133. The molecule has 1 heterocycles. The molecule has 8 heteroatoms. The van der Waals surface area contributed by atoms with Crippen LogP contribution in [0, 0.1) is 11.3 Å². The van der Waals surface area contributed by atoms with E-state index in [1.165, 1.54) is 6.07 Å². The zero-order valence-electron chi connectivity index (χ0n) is 13.5. The zero-order chi connectivity index (χ0) is 18.7. The van der Waals surface area contributed by atoms with Gasteiger partial charge in [0.05, 0.1) is 17.2 Å². The number of hydrogen-bond donors (Lipinski definition) is 3. The number of amides is 1. The second-order valence-corrected chi connectivity index (χ2v) is 5.46. The zero-order valence-corrected chi connectivity index (χ0v) is 13.5. The molecule has 0 aliphatic carbocycles. The highest BCUT2D eigenvalue weighted by molar-refractivity contribution is 6.04. The first-order chi connectivity index (χ1) is 11.7. The Morgan fingerprint density at radius 2 is 2.00 bits per heavy atom. The van der Waals surface area contributed by atoms with Crippen molar-refractivity contribution < 1.29 is 19.4 Å². The molecular formula is C17H15N3O5. The lowest BCUT2D eigenvalue weighted by Crippen LogP contribution is -2.27. The van der Waals surface area contributed by atoms with Crippen LogP contribution in [-0.4, -0.2) is 28.1 Å². The lowest BCUT2D eigenvalue weighted by molar-refractivity contribution is 0.0691. The molecule has 0 radical (unpaired) electrons. The van der Waals surface area contributed by atoms with E-state index < -0.39 is 28.6 Å². The number of nitriles is 1. The van der Waals surface area contributed by atoms with Crippen LogP contribution in [0.3, 0.4) is 0 Å². The Labute approximate surface area is 142 Å². The Bertz CT molecular complexity index is 954. The number of carbonyl (C=O) groups excluding carboxylic acids is 1. The third kappa shape index (κ3) is 3.67. The number of aromatic amines is 1. The monoisotopic (exact) mass is 341 g/mol. The van der Waals surface area contributed by atoms with E-state index in [4.69, 9.17) is 10.5 Å². The van der Waals surface area contributed by atoms with Gasteiger partial charge in [-0.3, -0.25) is 9.59 Å². The van der Waals surface area contributed by atoms with E-state index in [2.05, 4.69) is 4.98 Å². The average Bonchev–Trinajstić information content (AvgIpc) is 2.53. The van der Waals surface area contributed by atoms with Gasteiger partial charge < -0.3 is 20.6 Å². The molecule has 0 aliphatic heterocycles. The smallest absolute Gasteiger partial charge is 0.336 e. The molecule has 8 nitrogen and oxygen atoms in total. The molecular weight excluding hydrogens is 326 g/mol. The summed E-state index contributed by atoms with van der Waals surface area (Å²) in [6, 6.07) is 7.69. The van der Waals surface area contributed by atoms with Crippen LogP contribution in [0.1, 0.15) is 40.1 Å². The van der Waals surface area contributed by atoms with Gasteiger partial charge in [-0.05, 0) is 43.7 Å². The van der Waals surface area contributed by atoms with Gasteiger partial charge in [0.25, 0.3) is 11.5 Å². The minimum atomic E-state index is -1.46. The molecule has 0 fully saturated rings. The number of ether oxygens (including phenoxy) is 1. The van der Waals surface area contributed by atoms with Crippen molar-refractivity contribution in [3.8, 4) is 23.1 Å². The number of aromatic carboxylic acids is 1. The fourth-order valence-electron chi connectivity index (χ4n) is 2.27. The van der Waals surface area contributed by atoms with E-state index in [0.717, 1.165) is 6.07 Å². The number of benzene rings is 1. The number of rotatable bonds is 5. The molecule has 128 valence electrons. The lowest BCUT2D eigenvalue weighted by atomic mass is 10.0. The molecule has 2 rings (SSSR count). The van der Waals surface area contributed by atoms with Crippen LogP contribution in [0.2, 0.25) is 0 Å². The van der Waals surface area contributed by atoms with Crippen LogP contribution in [0.25, 0.3) is 11.3 Å². The van der Waals surface area contributed by atoms with E-state index in [0.29, 0.717) is 11.3 Å². The number of carboxylic acids is 1. The van der Waals surface area contributed by atoms with Crippen molar-refractivity contribution >= 4 is 11.9 Å². The van der Waals surface area contributed by atoms with Crippen LogP contribution in [0.4, 0.5) is 0 Å². The summed E-state index contributed by atoms with van der Waals surface area (Å²) in [5, 5.41) is 18.5. The summed E-state index contributed by atoms with van der Waals surface area (Å²) < 4.78 is 5.51. The number of nitrogens with zero attached hydrogens (tertiary/aromatic N) is 1. The number of carboxylic acid groups (broad SMARTS) is 1. The SMILES string of the molecule is CC(C)Oc1ccc(-c2cc(C(=O)O)c(C(N)=O)c(=O)[nH]2)cc1C#N. The van der Waals surface area contributed by atoms with Crippen LogP contribution in [0.15, 0.2) is 29.1 Å². The molecule has 0 aliphatic rings. The summed E-state index contributed by atoms with van der Waals surface area (Å²) in [6.45, 7) is 3.63. The Morgan fingerprint density at radius 3 is 2.52 bits per heavy atom. The molecule has 1 aromatic heterocycles. The van der Waals surface area contributed by atoms with Crippen LogP contribution in [-0.2, 0) is 0 Å². The maximum absolute atomic E-state index is 12.0. The van der Waals surface area contributed by atoms with Crippen LogP contribution < -0.4 is 16.0 Å². The Kier molecular flexibility index (Phi) is 4.89. The van der Waals surface area contributed by atoms with Gasteiger partial charge >= 0.3 is 5.97 Å². The Hall–Kier alpha value is -3.60. The van der Waals surface area contributed by atoms with Gasteiger partial charge in [0.1, 0.15) is 17.4 Å². The molecule has 0 unspecified atom stereocenters. The molecule has 25 heavy (non-hydrogen) atoms. The van der Waals surface area contributed by atoms with Gasteiger partial charge in [0.2, 0.25) is 0 Å². The van der Waals surface area contributed by atoms with Crippen LogP contribution >= 0.6 is 0 Å². The first-order valence-corrected chi connectivity index (χ1v) is 7.26. The van der Waals surface area contributed by atoms with E-state index >= 15 is 0 Å². The molecule has 0 saturated heterocycles. The lowest BCUT2D eigenvalue weighted by Gasteiger charge is -2.12. The summed E-state index contributed by atoms with van der Waals surface area (Å²) in [5.41, 5.74) is 3.78. The second kappa shape index (κ2) is 6.88. The summed E-state index contributed by atoms with van der Waals surface area (Å²) in [7, 11) is 0. The molecule has 1 amide bonds. The molecule has 0 saturated carbocycles. The Morgan fingerprint density at radius 1 is 1.32 bits per heavy atom. The number of primary amides is 1. The molecule has 0 bridgehead atoms. The average molecular weight is 341 g/mol. The highest BCUT2D eigenvalue weighted by Gasteiger charge is 2.20.